The molecule has 1 heterocycles. The van der Waals surface area contributed by atoms with Crippen LogP contribution in [-0.2, 0) is 4.79 Å². The van der Waals surface area contributed by atoms with Crippen molar-refractivity contribution in [3.63, 3.8) is 0 Å². The quantitative estimate of drug-likeness (QED) is 0.781. The van der Waals surface area contributed by atoms with Crippen LogP contribution in [0.2, 0.25) is 0 Å². The van der Waals surface area contributed by atoms with Gasteiger partial charge in [-0.25, -0.2) is 0 Å². The Morgan fingerprint density at radius 1 is 1.22 bits per heavy atom. The Morgan fingerprint density at radius 2 is 2.00 bits per heavy atom. The Bertz CT molecular complexity index is 307. The highest BCUT2D eigenvalue weighted by molar-refractivity contribution is 5.84. The number of likely N-dealkylation sites (tertiary alicyclic amines) is 1. The summed E-state index contributed by atoms with van der Waals surface area (Å²) in [5, 5.41) is 0. The van der Waals surface area contributed by atoms with Gasteiger partial charge in [0, 0.05) is 12.1 Å². The number of amides is 1. The first-order chi connectivity index (χ1) is 8.53. The summed E-state index contributed by atoms with van der Waals surface area (Å²) in [4.78, 5) is 14.1. The largest absolute Gasteiger partial charge is 0.368 e. The summed E-state index contributed by atoms with van der Waals surface area (Å²) in [6.07, 6.45) is 8.88. The van der Waals surface area contributed by atoms with E-state index >= 15 is 0 Å². The molecule has 0 radical (unpaired) electrons. The van der Waals surface area contributed by atoms with E-state index in [1.54, 1.807) is 0 Å². The maximum Gasteiger partial charge on any atom is 0.237 e. The van der Waals surface area contributed by atoms with Crippen molar-refractivity contribution in [2.45, 2.75) is 75.9 Å². The van der Waals surface area contributed by atoms with E-state index in [1.807, 2.05) is 0 Å². The lowest BCUT2D eigenvalue weighted by atomic mass is 9.78. The van der Waals surface area contributed by atoms with E-state index in [4.69, 9.17) is 11.5 Å². The second-order valence-corrected chi connectivity index (χ2v) is 6.21. The van der Waals surface area contributed by atoms with E-state index in [0.717, 1.165) is 32.2 Å². The molecular formula is C14H27N3O. The summed E-state index contributed by atoms with van der Waals surface area (Å²) in [6, 6.07) is 1.07. The van der Waals surface area contributed by atoms with E-state index < -0.39 is 5.54 Å². The van der Waals surface area contributed by atoms with Crippen LogP contribution in [0.4, 0.5) is 0 Å². The van der Waals surface area contributed by atoms with E-state index in [2.05, 4.69) is 11.8 Å². The molecule has 2 fully saturated rings. The topological polar surface area (TPSA) is 72.3 Å². The van der Waals surface area contributed by atoms with Crippen LogP contribution in [0.25, 0.3) is 0 Å². The average Bonchev–Trinajstić information content (AvgIpc) is 2.54. The molecule has 1 aliphatic heterocycles. The lowest BCUT2D eigenvalue weighted by Gasteiger charge is -2.43. The van der Waals surface area contributed by atoms with Crippen LogP contribution < -0.4 is 11.5 Å². The molecule has 4 N–H and O–H groups in total. The van der Waals surface area contributed by atoms with Gasteiger partial charge in [-0.3, -0.25) is 9.69 Å². The molecule has 4 heteroatoms. The minimum atomic E-state index is -0.769. The highest BCUT2D eigenvalue weighted by atomic mass is 16.1. The van der Waals surface area contributed by atoms with Crippen LogP contribution in [0.5, 0.6) is 0 Å². The van der Waals surface area contributed by atoms with E-state index in [1.165, 1.54) is 25.7 Å². The number of nitrogens with zero attached hydrogens (tertiary/aromatic N) is 1. The van der Waals surface area contributed by atoms with Gasteiger partial charge in [0.2, 0.25) is 5.91 Å². The molecule has 104 valence electrons. The van der Waals surface area contributed by atoms with E-state index in [-0.39, 0.29) is 5.91 Å². The number of nitrogens with two attached hydrogens (primary N) is 2. The fourth-order valence-electron chi connectivity index (χ4n) is 3.62. The molecule has 1 saturated carbocycles. The molecule has 2 aliphatic rings. The van der Waals surface area contributed by atoms with Crippen LogP contribution in [0.1, 0.15) is 58.3 Å². The lowest BCUT2D eigenvalue weighted by Crippen LogP contribution is -2.59. The molecule has 3 atom stereocenters. The molecule has 0 bridgehead atoms. The molecule has 1 amide bonds. The molecule has 4 nitrogen and oxygen atoms in total. The number of hydrogen-bond acceptors (Lipinski definition) is 3. The van der Waals surface area contributed by atoms with Crippen molar-refractivity contribution < 1.29 is 4.79 Å². The van der Waals surface area contributed by atoms with Gasteiger partial charge >= 0.3 is 0 Å². The highest BCUT2D eigenvalue weighted by Gasteiger charge is 2.40. The summed E-state index contributed by atoms with van der Waals surface area (Å²) in [6.45, 7) is 3.46. The molecule has 0 aromatic carbocycles. The predicted octanol–water partition coefficient (Wildman–Crippen LogP) is 1.38. The molecule has 3 unspecified atom stereocenters. The number of carbonyl (C=O) groups excluding carboxylic acids is 1. The smallest absolute Gasteiger partial charge is 0.237 e. The normalized spacial score (nSPS) is 39.2. The third kappa shape index (κ3) is 2.86. The molecule has 1 aliphatic carbocycles. The fraction of sp³-hybridized carbons (Fsp3) is 0.929. The van der Waals surface area contributed by atoms with Crippen molar-refractivity contribution in [1.82, 2.24) is 4.90 Å². The zero-order valence-corrected chi connectivity index (χ0v) is 11.5. The van der Waals surface area contributed by atoms with Crippen LogP contribution in [-0.4, -0.2) is 35.0 Å². The summed E-state index contributed by atoms with van der Waals surface area (Å²) in [5.41, 5.74) is 10.9. The van der Waals surface area contributed by atoms with Crippen molar-refractivity contribution in [3.8, 4) is 0 Å². The highest BCUT2D eigenvalue weighted by Crippen LogP contribution is 2.32. The van der Waals surface area contributed by atoms with E-state index in [0.29, 0.717) is 12.1 Å². The third-order valence-corrected chi connectivity index (χ3v) is 4.82. The van der Waals surface area contributed by atoms with Gasteiger partial charge in [0.1, 0.15) is 0 Å². The van der Waals surface area contributed by atoms with Gasteiger partial charge in [0.15, 0.2) is 0 Å². The van der Waals surface area contributed by atoms with Gasteiger partial charge in [-0.1, -0.05) is 12.8 Å². The summed E-state index contributed by atoms with van der Waals surface area (Å²) in [5.74, 6) is -0.324. The number of rotatable bonds is 2. The standard InChI is InChI=1S/C14H27N3O/c1-11-6-3-2-4-9-17(11)12-7-5-8-14(16,10-12)13(15)18/h11-12H,2-10,16H2,1H3,(H2,15,18). The summed E-state index contributed by atoms with van der Waals surface area (Å²) in [7, 11) is 0. The van der Waals surface area contributed by atoms with Crippen molar-refractivity contribution >= 4 is 5.91 Å². The molecule has 0 aromatic rings. The minimum absolute atomic E-state index is 0.324. The predicted molar refractivity (Wildman–Crippen MR) is 73.0 cm³/mol. The zero-order valence-electron chi connectivity index (χ0n) is 11.5. The zero-order chi connectivity index (χ0) is 13.2. The van der Waals surface area contributed by atoms with Gasteiger partial charge in [-0.15, -0.1) is 0 Å². The fourth-order valence-corrected chi connectivity index (χ4v) is 3.62. The number of hydrogen-bond donors (Lipinski definition) is 2. The molecular weight excluding hydrogens is 226 g/mol. The van der Waals surface area contributed by atoms with E-state index in [9.17, 15) is 4.79 Å². The summed E-state index contributed by atoms with van der Waals surface area (Å²) < 4.78 is 0. The van der Waals surface area contributed by atoms with Crippen molar-refractivity contribution in [1.29, 1.82) is 0 Å². The molecule has 1 saturated heterocycles. The number of carbonyl (C=O) groups is 1. The molecule has 18 heavy (non-hydrogen) atoms. The summed E-state index contributed by atoms with van der Waals surface area (Å²) >= 11 is 0. The Hall–Kier alpha value is -0.610. The second-order valence-electron chi connectivity index (χ2n) is 6.21. The molecule has 0 spiro atoms. The second kappa shape index (κ2) is 5.57. The van der Waals surface area contributed by atoms with Gasteiger partial charge in [-0.05, 0) is 52.0 Å². The minimum Gasteiger partial charge on any atom is -0.368 e. The van der Waals surface area contributed by atoms with Gasteiger partial charge in [0.05, 0.1) is 5.54 Å². The molecule has 2 rings (SSSR count). The van der Waals surface area contributed by atoms with Crippen LogP contribution in [0.15, 0.2) is 0 Å². The first kappa shape index (κ1) is 13.8. The van der Waals surface area contributed by atoms with Crippen LogP contribution >= 0.6 is 0 Å². The van der Waals surface area contributed by atoms with Crippen molar-refractivity contribution in [2.75, 3.05) is 6.54 Å². The van der Waals surface area contributed by atoms with Crippen LogP contribution in [0, 0.1) is 0 Å². The Morgan fingerprint density at radius 3 is 2.72 bits per heavy atom. The maximum atomic E-state index is 11.5. The van der Waals surface area contributed by atoms with Crippen molar-refractivity contribution in [3.05, 3.63) is 0 Å². The SMILES string of the molecule is CC1CCCCCN1C1CCCC(N)(C(N)=O)C1. The first-order valence-electron chi connectivity index (χ1n) is 7.37. The Labute approximate surface area is 110 Å². The third-order valence-electron chi connectivity index (χ3n) is 4.82. The van der Waals surface area contributed by atoms with Gasteiger partial charge in [-0.2, -0.15) is 0 Å². The first-order valence-corrected chi connectivity index (χ1v) is 7.37. The average molecular weight is 253 g/mol. The molecule has 0 aromatic heterocycles. The lowest BCUT2D eigenvalue weighted by molar-refractivity contribution is -0.125. The Kier molecular flexibility index (Phi) is 4.28. The van der Waals surface area contributed by atoms with Crippen LogP contribution in [0.3, 0.4) is 0 Å². The Balaban J connectivity index is 2.05. The monoisotopic (exact) mass is 253 g/mol. The van der Waals surface area contributed by atoms with Gasteiger partial charge in [0.25, 0.3) is 0 Å². The number of primary amides is 1. The van der Waals surface area contributed by atoms with Gasteiger partial charge < -0.3 is 11.5 Å². The maximum absolute atomic E-state index is 11.5. The van der Waals surface area contributed by atoms with Crippen molar-refractivity contribution in [2.24, 2.45) is 11.5 Å².